The molecule has 3 aromatic rings. The standard InChI is InChI=1S/C26H27NO5/c1-2-31-32-20-25(28)27(17-21-9-5-3-6-10-21)18-22-13-15-24(16-14-22)26(29)30-19-23-11-7-4-8-12-23/h3-16H,2,17-20H2,1H3. The monoisotopic (exact) mass is 433 g/mol. The molecule has 1 amide bonds. The number of amides is 1. The largest absolute Gasteiger partial charge is 0.457 e. The molecule has 0 unspecified atom stereocenters. The normalized spacial score (nSPS) is 10.5. The molecule has 3 aromatic carbocycles. The van der Waals surface area contributed by atoms with Crippen molar-refractivity contribution in [3.8, 4) is 0 Å². The summed E-state index contributed by atoms with van der Waals surface area (Å²) in [5.74, 6) is -0.573. The van der Waals surface area contributed by atoms with Gasteiger partial charge in [0, 0.05) is 13.1 Å². The molecule has 0 fully saturated rings. The van der Waals surface area contributed by atoms with Crippen LogP contribution >= 0.6 is 0 Å². The molecule has 0 saturated heterocycles. The molecule has 0 heterocycles. The smallest absolute Gasteiger partial charge is 0.338 e. The second-order valence-corrected chi connectivity index (χ2v) is 7.16. The van der Waals surface area contributed by atoms with Gasteiger partial charge < -0.3 is 9.64 Å². The molecule has 0 aromatic heterocycles. The average molecular weight is 434 g/mol. The summed E-state index contributed by atoms with van der Waals surface area (Å²) in [7, 11) is 0. The van der Waals surface area contributed by atoms with Crippen molar-refractivity contribution in [3.63, 3.8) is 0 Å². The van der Waals surface area contributed by atoms with Crippen LogP contribution in [0.2, 0.25) is 0 Å². The van der Waals surface area contributed by atoms with E-state index in [0.29, 0.717) is 25.3 Å². The Kier molecular flexibility index (Phi) is 8.98. The highest BCUT2D eigenvalue weighted by Crippen LogP contribution is 2.13. The summed E-state index contributed by atoms with van der Waals surface area (Å²) < 4.78 is 5.37. The van der Waals surface area contributed by atoms with Gasteiger partial charge in [0.15, 0.2) is 6.61 Å². The van der Waals surface area contributed by atoms with E-state index < -0.39 is 0 Å². The van der Waals surface area contributed by atoms with Gasteiger partial charge >= 0.3 is 5.97 Å². The van der Waals surface area contributed by atoms with Crippen LogP contribution in [0.15, 0.2) is 84.9 Å². The van der Waals surface area contributed by atoms with Crippen molar-refractivity contribution >= 4 is 11.9 Å². The fourth-order valence-corrected chi connectivity index (χ4v) is 3.08. The van der Waals surface area contributed by atoms with E-state index in [1.165, 1.54) is 0 Å². The summed E-state index contributed by atoms with van der Waals surface area (Å²) in [6.07, 6.45) is 0. The van der Waals surface area contributed by atoms with E-state index in [1.807, 2.05) is 72.8 Å². The first-order valence-electron chi connectivity index (χ1n) is 10.5. The average Bonchev–Trinajstić information content (AvgIpc) is 2.84. The summed E-state index contributed by atoms with van der Waals surface area (Å²) in [5.41, 5.74) is 3.30. The van der Waals surface area contributed by atoms with Gasteiger partial charge in [0.25, 0.3) is 5.91 Å². The maximum Gasteiger partial charge on any atom is 0.338 e. The maximum absolute atomic E-state index is 12.7. The Morgan fingerprint density at radius 1 is 0.719 bits per heavy atom. The third kappa shape index (κ3) is 7.34. The first kappa shape index (κ1) is 23.2. The minimum Gasteiger partial charge on any atom is -0.457 e. The molecule has 0 radical (unpaired) electrons. The number of carbonyl (C=O) groups excluding carboxylic acids is 2. The Morgan fingerprint density at radius 2 is 1.28 bits per heavy atom. The summed E-state index contributed by atoms with van der Waals surface area (Å²) in [6, 6.07) is 26.4. The van der Waals surface area contributed by atoms with Gasteiger partial charge in [0.05, 0.1) is 12.2 Å². The summed E-state index contributed by atoms with van der Waals surface area (Å²) in [4.78, 5) is 36.5. The molecule has 0 atom stereocenters. The predicted molar refractivity (Wildman–Crippen MR) is 120 cm³/mol. The Hall–Kier alpha value is -3.48. The fourth-order valence-electron chi connectivity index (χ4n) is 3.08. The molecule has 0 saturated carbocycles. The molecule has 0 aliphatic rings. The van der Waals surface area contributed by atoms with Crippen LogP contribution < -0.4 is 0 Å². The Labute approximate surface area is 188 Å². The third-order valence-corrected chi connectivity index (χ3v) is 4.73. The highest BCUT2D eigenvalue weighted by atomic mass is 17.2. The molecule has 0 spiro atoms. The number of hydrogen-bond acceptors (Lipinski definition) is 5. The zero-order valence-electron chi connectivity index (χ0n) is 18.1. The van der Waals surface area contributed by atoms with Gasteiger partial charge in [-0.2, -0.15) is 0 Å². The molecular weight excluding hydrogens is 406 g/mol. The van der Waals surface area contributed by atoms with Gasteiger partial charge in [0.1, 0.15) is 6.61 Å². The van der Waals surface area contributed by atoms with Crippen LogP contribution in [0.4, 0.5) is 0 Å². The fraction of sp³-hybridized carbons (Fsp3) is 0.231. The summed E-state index contributed by atoms with van der Waals surface area (Å²) >= 11 is 0. The summed E-state index contributed by atoms with van der Waals surface area (Å²) in [6.45, 7) is 3.04. The van der Waals surface area contributed by atoms with E-state index in [1.54, 1.807) is 24.0 Å². The molecule has 32 heavy (non-hydrogen) atoms. The topological polar surface area (TPSA) is 65.1 Å². The van der Waals surface area contributed by atoms with Gasteiger partial charge in [-0.3, -0.25) is 4.79 Å². The van der Waals surface area contributed by atoms with Crippen LogP contribution in [0.25, 0.3) is 0 Å². The van der Waals surface area contributed by atoms with E-state index in [0.717, 1.165) is 16.7 Å². The molecule has 166 valence electrons. The Balaban J connectivity index is 1.62. The van der Waals surface area contributed by atoms with Crippen molar-refractivity contribution in [1.29, 1.82) is 0 Å². The van der Waals surface area contributed by atoms with Crippen LogP contribution in [-0.4, -0.2) is 30.0 Å². The molecular formula is C26H27NO5. The van der Waals surface area contributed by atoms with Crippen molar-refractivity contribution < 1.29 is 24.1 Å². The van der Waals surface area contributed by atoms with E-state index >= 15 is 0 Å². The number of hydrogen-bond donors (Lipinski definition) is 0. The van der Waals surface area contributed by atoms with Crippen LogP contribution in [0.3, 0.4) is 0 Å². The zero-order valence-corrected chi connectivity index (χ0v) is 18.1. The SMILES string of the molecule is CCOOCC(=O)N(Cc1ccccc1)Cc1ccc(C(=O)OCc2ccccc2)cc1. The molecule has 0 aliphatic heterocycles. The van der Waals surface area contributed by atoms with Gasteiger partial charge in [-0.15, -0.1) is 0 Å². The minimum absolute atomic E-state index is 0.162. The summed E-state index contributed by atoms with van der Waals surface area (Å²) in [5, 5.41) is 0. The van der Waals surface area contributed by atoms with Crippen molar-refractivity contribution in [3.05, 3.63) is 107 Å². The molecule has 6 heteroatoms. The van der Waals surface area contributed by atoms with Crippen molar-refractivity contribution in [1.82, 2.24) is 4.90 Å². The quantitative estimate of drug-likeness (QED) is 0.192. The maximum atomic E-state index is 12.7. The second-order valence-electron chi connectivity index (χ2n) is 7.16. The van der Waals surface area contributed by atoms with Gasteiger partial charge in [-0.25, -0.2) is 14.6 Å². The van der Waals surface area contributed by atoms with Gasteiger partial charge in [-0.05, 0) is 35.7 Å². The minimum atomic E-state index is -0.386. The molecule has 0 aliphatic carbocycles. The Bertz CT molecular complexity index is 974. The molecule has 3 rings (SSSR count). The second kappa shape index (κ2) is 12.4. The molecule has 0 bridgehead atoms. The number of carbonyl (C=O) groups is 2. The lowest BCUT2D eigenvalue weighted by molar-refractivity contribution is -0.287. The van der Waals surface area contributed by atoms with Crippen molar-refractivity contribution in [2.24, 2.45) is 0 Å². The number of ether oxygens (including phenoxy) is 1. The number of benzene rings is 3. The molecule has 6 nitrogen and oxygen atoms in total. The number of esters is 1. The van der Waals surface area contributed by atoms with Crippen molar-refractivity contribution in [2.45, 2.75) is 26.6 Å². The van der Waals surface area contributed by atoms with E-state index in [4.69, 9.17) is 14.5 Å². The zero-order chi connectivity index (χ0) is 22.6. The number of rotatable bonds is 11. The van der Waals surface area contributed by atoms with Crippen LogP contribution in [0, 0.1) is 0 Å². The van der Waals surface area contributed by atoms with Crippen LogP contribution in [0.1, 0.15) is 34.0 Å². The number of nitrogens with zero attached hydrogens (tertiary/aromatic N) is 1. The van der Waals surface area contributed by atoms with Gasteiger partial charge in [-0.1, -0.05) is 72.8 Å². The lowest BCUT2D eigenvalue weighted by Gasteiger charge is -2.23. The lowest BCUT2D eigenvalue weighted by Crippen LogP contribution is -2.33. The third-order valence-electron chi connectivity index (χ3n) is 4.73. The van der Waals surface area contributed by atoms with Crippen LogP contribution in [0.5, 0.6) is 0 Å². The van der Waals surface area contributed by atoms with Crippen molar-refractivity contribution in [2.75, 3.05) is 13.2 Å². The first-order valence-corrected chi connectivity index (χ1v) is 10.5. The highest BCUT2D eigenvalue weighted by Gasteiger charge is 2.16. The Morgan fingerprint density at radius 3 is 1.88 bits per heavy atom. The van der Waals surface area contributed by atoms with E-state index in [9.17, 15) is 9.59 Å². The van der Waals surface area contributed by atoms with E-state index in [-0.39, 0.29) is 25.1 Å². The van der Waals surface area contributed by atoms with E-state index in [2.05, 4.69) is 0 Å². The first-order chi connectivity index (χ1) is 15.7. The predicted octanol–water partition coefficient (Wildman–Crippen LogP) is 4.54. The van der Waals surface area contributed by atoms with Crippen LogP contribution in [-0.2, 0) is 39.0 Å². The highest BCUT2D eigenvalue weighted by molar-refractivity contribution is 5.89. The lowest BCUT2D eigenvalue weighted by atomic mass is 10.1. The molecule has 0 N–H and O–H groups in total. The van der Waals surface area contributed by atoms with Gasteiger partial charge in [0.2, 0.25) is 0 Å².